The van der Waals surface area contributed by atoms with E-state index in [1.54, 1.807) is 6.20 Å². The Morgan fingerprint density at radius 3 is 2.44 bits per heavy atom. The van der Waals surface area contributed by atoms with Crippen molar-refractivity contribution in [2.24, 2.45) is 5.41 Å². The van der Waals surface area contributed by atoms with Gasteiger partial charge < -0.3 is 20.1 Å². The summed E-state index contributed by atoms with van der Waals surface area (Å²) in [5.74, 6) is -0.827. The molecule has 0 bridgehead atoms. The molecule has 1 spiro atoms. The highest BCUT2D eigenvalue weighted by atomic mass is 16.6. The van der Waals surface area contributed by atoms with Gasteiger partial charge in [-0.2, -0.15) is 0 Å². The van der Waals surface area contributed by atoms with Gasteiger partial charge in [-0.3, -0.25) is 19.9 Å². The van der Waals surface area contributed by atoms with E-state index in [1.807, 2.05) is 32.9 Å². The number of piperidine rings is 1. The third-order valence-corrected chi connectivity index (χ3v) is 5.86. The Labute approximate surface area is 189 Å². The fourth-order valence-electron chi connectivity index (χ4n) is 4.53. The summed E-state index contributed by atoms with van der Waals surface area (Å²) >= 11 is 0. The Morgan fingerprint density at radius 1 is 1.25 bits per heavy atom. The monoisotopic (exact) mass is 448 g/mol. The lowest BCUT2D eigenvalue weighted by Crippen LogP contribution is -2.66. The van der Waals surface area contributed by atoms with Crippen molar-refractivity contribution in [1.29, 1.82) is 0 Å². The van der Waals surface area contributed by atoms with Crippen LogP contribution in [0.1, 0.15) is 65.5 Å². The molecule has 3 N–H and O–H groups in total. The van der Waals surface area contributed by atoms with Crippen LogP contribution in [-0.4, -0.2) is 59.8 Å². The molecule has 1 aromatic heterocycles. The molecule has 1 saturated carbocycles. The summed E-state index contributed by atoms with van der Waals surface area (Å²) in [7, 11) is 1.00. The summed E-state index contributed by atoms with van der Waals surface area (Å²) in [6.45, 7) is 7.46. The van der Waals surface area contributed by atoms with E-state index in [2.05, 4.69) is 20.5 Å². The topological polar surface area (TPSA) is 121 Å². The van der Waals surface area contributed by atoms with Gasteiger partial charge in [0.05, 0.1) is 23.5 Å². The molecule has 9 heteroatoms. The first-order chi connectivity index (χ1) is 14.6. The molecule has 2 saturated heterocycles. The predicted molar refractivity (Wildman–Crippen MR) is 121 cm³/mol. The number of ether oxygens (including phenoxy) is 1. The highest BCUT2D eigenvalue weighted by Gasteiger charge is 2.53. The van der Waals surface area contributed by atoms with E-state index in [1.165, 1.54) is 0 Å². The molecule has 178 valence electrons. The first-order valence-corrected chi connectivity index (χ1v) is 10.6. The highest BCUT2D eigenvalue weighted by Crippen LogP contribution is 2.49. The molecule has 1 atom stereocenters. The summed E-state index contributed by atoms with van der Waals surface area (Å²) in [5, 5.41) is 12.3. The number of aliphatic hydroxyl groups excluding tert-OH is 1. The van der Waals surface area contributed by atoms with Crippen LogP contribution in [-0.2, 0) is 14.3 Å². The smallest absolute Gasteiger partial charge is 0.407 e. The zero-order valence-corrected chi connectivity index (χ0v) is 18.6. The second-order valence-corrected chi connectivity index (χ2v) is 9.55. The molecule has 3 aliphatic rings. The maximum atomic E-state index is 12.0. The summed E-state index contributed by atoms with van der Waals surface area (Å²) in [5.41, 5.74) is 1.53. The van der Waals surface area contributed by atoms with E-state index < -0.39 is 5.60 Å². The van der Waals surface area contributed by atoms with Gasteiger partial charge in [0.2, 0.25) is 11.8 Å². The molecular weight excluding hydrogens is 412 g/mol. The van der Waals surface area contributed by atoms with Crippen molar-refractivity contribution in [3.63, 3.8) is 0 Å². The third-order valence-electron chi connectivity index (χ3n) is 5.86. The lowest BCUT2D eigenvalue weighted by atomic mass is 9.60. The number of anilines is 1. The van der Waals surface area contributed by atoms with E-state index in [-0.39, 0.29) is 42.7 Å². The molecule has 1 aliphatic carbocycles. The molecule has 3 heterocycles. The largest absolute Gasteiger partial charge is 0.444 e. The van der Waals surface area contributed by atoms with E-state index in [9.17, 15) is 14.4 Å². The number of aromatic nitrogens is 1. The molecular formula is C23H36N4O5. The maximum absolute atomic E-state index is 12.0. The number of hydrogen-bond acceptors (Lipinski definition) is 7. The Morgan fingerprint density at radius 2 is 1.91 bits per heavy atom. The molecule has 32 heavy (non-hydrogen) atoms. The molecule has 1 aromatic rings. The van der Waals surface area contributed by atoms with E-state index in [0.717, 1.165) is 38.7 Å². The number of rotatable bonds is 3. The van der Waals surface area contributed by atoms with Crippen LogP contribution in [0, 0.1) is 5.41 Å². The van der Waals surface area contributed by atoms with Crippen LogP contribution < -0.4 is 15.5 Å². The Kier molecular flexibility index (Phi) is 7.88. The van der Waals surface area contributed by atoms with Crippen molar-refractivity contribution in [2.45, 2.75) is 71.4 Å². The van der Waals surface area contributed by atoms with Gasteiger partial charge in [-0.25, -0.2) is 4.79 Å². The number of amides is 3. The van der Waals surface area contributed by atoms with Gasteiger partial charge in [-0.05, 0) is 52.2 Å². The lowest BCUT2D eigenvalue weighted by molar-refractivity contribution is -0.134. The number of imide groups is 1. The van der Waals surface area contributed by atoms with Gasteiger partial charge in [0.25, 0.3) is 0 Å². The summed E-state index contributed by atoms with van der Waals surface area (Å²) in [6.07, 6.45) is 4.25. The Balaban J connectivity index is 0.00000118. The van der Waals surface area contributed by atoms with Crippen molar-refractivity contribution in [3.05, 3.63) is 24.0 Å². The summed E-state index contributed by atoms with van der Waals surface area (Å²) in [4.78, 5) is 41.9. The predicted octanol–water partition coefficient (Wildman–Crippen LogP) is 2.34. The normalized spacial score (nSPS) is 21.8. The second kappa shape index (κ2) is 9.85. The van der Waals surface area contributed by atoms with E-state index >= 15 is 0 Å². The number of carbonyl (C=O) groups is 3. The molecule has 0 aromatic carbocycles. The average Bonchev–Trinajstić information content (AvgIpc) is 2.63. The van der Waals surface area contributed by atoms with Gasteiger partial charge in [0.1, 0.15) is 5.60 Å². The fraction of sp³-hybridized carbons (Fsp3) is 0.652. The summed E-state index contributed by atoms with van der Waals surface area (Å²) in [6, 6.07) is 4.06. The number of nitrogens with zero attached hydrogens (tertiary/aromatic N) is 2. The first-order valence-electron chi connectivity index (χ1n) is 10.6. The lowest BCUT2D eigenvalue weighted by Gasteiger charge is -2.59. The van der Waals surface area contributed by atoms with Crippen molar-refractivity contribution in [1.82, 2.24) is 15.6 Å². The average molecular weight is 449 g/mol. The van der Waals surface area contributed by atoms with Crippen LogP contribution in [0.5, 0.6) is 0 Å². The third kappa shape index (κ3) is 5.76. The minimum Gasteiger partial charge on any atom is -0.444 e. The van der Waals surface area contributed by atoms with Crippen LogP contribution in [0.4, 0.5) is 10.5 Å². The van der Waals surface area contributed by atoms with Crippen molar-refractivity contribution in [2.75, 3.05) is 25.1 Å². The van der Waals surface area contributed by atoms with Gasteiger partial charge in [0, 0.05) is 38.1 Å². The maximum Gasteiger partial charge on any atom is 0.407 e. The fourth-order valence-corrected chi connectivity index (χ4v) is 4.53. The molecule has 9 nitrogen and oxygen atoms in total. The van der Waals surface area contributed by atoms with Crippen LogP contribution in [0.3, 0.4) is 0 Å². The van der Waals surface area contributed by atoms with Crippen LogP contribution in [0.15, 0.2) is 18.3 Å². The number of aliphatic hydroxyl groups is 1. The first kappa shape index (κ1) is 25.6. The van der Waals surface area contributed by atoms with Gasteiger partial charge in [0.15, 0.2) is 0 Å². The van der Waals surface area contributed by atoms with E-state index in [4.69, 9.17) is 9.84 Å². The van der Waals surface area contributed by atoms with Gasteiger partial charge in [-0.1, -0.05) is 7.43 Å². The SMILES string of the molecule is C.CC(C)(C)OC(=O)NC1CC2(C1)CN(c1ccc(C3CCC(=O)NC3=O)nc1)C2.CO. The van der Waals surface area contributed by atoms with E-state index in [0.29, 0.717) is 18.5 Å². The standard InChI is InChI=1S/C21H28N4O4.CH4O.CH4/c1-20(2,3)29-19(28)23-13-8-21(9-13)11-25(12-21)14-4-6-16(22-10-14)15-5-7-17(26)24-18(15)27;1-2;/h4,6,10,13,15H,5,7-9,11-12H2,1-3H3,(H,23,28)(H,24,26,27);2H,1H3;1H4. The molecule has 3 amide bonds. The Hall–Kier alpha value is -2.68. The molecule has 0 radical (unpaired) electrons. The molecule has 3 fully saturated rings. The Bertz CT molecular complexity index is 820. The van der Waals surface area contributed by atoms with Crippen LogP contribution >= 0.6 is 0 Å². The minimum atomic E-state index is -0.480. The number of hydrogen-bond donors (Lipinski definition) is 3. The molecule has 2 aliphatic heterocycles. The van der Waals surface area contributed by atoms with Gasteiger partial charge >= 0.3 is 6.09 Å². The molecule has 4 rings (SSSR count). The number of nitrogens with one attached hydrogen (secondary N) is 2. The second-order valence-electron chi connectivity index (χ2n) is 9.55. The minimum absolute atomic E-state index is 0. The number of alkyl carbamates (subject to hydrolysis) is 1. The zero-order valence-electron chi connectivity index (χ0n) is 18.6. The van der Waals surface area contributed by atoms with Crippen molar-refractivity contribution in [3.8, 4) is 0 Å². The zero-order chi connectivity index (χ0) is 22.8. The summed E-state index contributed by atoms with van der Waals surface area (Å²) < 4.78 is 5.31. The van der Waals surface area contributed by atoms with Crippen molar-refractivity contribution < 1.29 is 24.2 Å². The van der Waals surface area contributed by atoms with Crippen LogP contribution in [0.2, 0.25) is 0 Å². The molecule has 1 unspecified atom stereocenters. The van der Waals surface area contributed by atoms with Crippen molar-refractivity contribution >= 4 is 23.6 Å². The number of pyridine rings is 1. The van der Waals surface area contributed by atoms with Gasteiger partial charge in [-0.15, -0.1) is 0 Å². The quantitative estimate of drug-likeness (QED) is 0.607. The number of carbonyl (C=O) groups excluding carboxylic acids is 3. The highest BCUT2D eigenvalue weighted by molar-refractivity contribution is 6.00. The van der Waals surface area contributed by atoms with Crippen LogP contribution in [0.25, 0.3) is 0 Å².